The van der Waals surface area contributed by atoms with Gasteiger partial charge in [-0.2, -0.15) is 0 Å². The van der Waals surface area contributed by atoms with Crippen LogP contribution < -0.4 is 0 Å². The fourth-order valence-electron chi connectivity index (χ4n) is 2.13. The second-order valence-electron chi connectivity index (χ2n) is 4.66. The van der Waals surface area contributed by atoms with Crippen molar-refractivity contribution in [2.24, 2.45) is 0 Å². The van der Waals surface area contributed by atoms with Crippen molar-refractivity contribution in [3.8, 4) is 11.1 Å². The Bertz CT molecular complexity index is 539. The summed E-state index contributed by atoms with van der Waals surface area (Å²) in [6.07, 6.45) is -0.288. The van der Waals surface area contributed by atoms with Crippen LogP contribution in [-0.2, 0) is 9.47 Å². The summed E-state index contributed by atoms with van der Waals surface area (Å²) < 4.78 is 11.0. The van der Waals surface area contributed by atoms with Gasteiger partial charge in [-0.15, -0.1) is 0 Å². The van der Waals surface area contributed by atoms with E-state index in [0.717, 1.165) is 5.56 Å². The first-order valence-corrected chi connectivity index (χ1v) is 6.20. The average Bonchev–Trinajstić information content (AvgIpc) is 2.36. The Balaban J connectivity index is 1.89. The molecule has 1 saturated heterocycles. The smallest absolute Gasteiger partial charge is 0.189 e. The van der Waals surface area contributed by atoms with Gasteiger partial charge in [0.2, 0.25) is 0 Å². The van der Waals surface area contributed by atoms with E-state index in [1.54, 1.807) is 0 Å². The molecule has 1 heterocycles. The fraction of sp³-hybridized carbons (Fsp3) is 0.250. The third-order valence-electron chi connectivity index (χ3n) is 3.17. The number of hydrogen-bond donors (Lipinski definition) is 0. The minimum absolute atomic E-state index is 0.0852. The zero-order valence-electron chi connectivity index (χ0n) is 10.6. The van der Waals surface area contributed by atoms with Crippen LogP contribution in [0.3, 0.4) is 0 Å². The third kappa shape index (κ3) is 2.17. The SMILES string of the molecule is Cc1ccc(-c2cccc(C3OC(C)O3)c2)cc1. The summed E-state index contributed by atoms with van der Waals surface area (Å²) in [5, 5.41) is 0. The van der Waals surface area contributed by atoms with E-state index in [2.05, 4.69) is 43.3 Å². The summed E-state index contributed by atoms with van der Waals surface area (Å²) in [4.78, 5) is 0. The minimum Gasteiger partial charge on any atom is -0.320 e. The van der Waals surface area contributed by atoms with E-state index in [4.69, 9.17) is 9.47 Å². The van der Waals surface area contributed by atoms with Crippen molar-refractivity contribution in [2.75, 3.05) is 0 Å². The van der Waals surface area contributed by atoms with Crippen molar-refractivity contribution >= 4 is 0 Å². The molecule has 0 radical (unpaired) electrons. The Kier molecular flexibility index (Phi) is 2.90. The molecule has 0 N–H and O–H groups in total. The first-order chi connectivity index (χ1) is 8.72. The molecule has 0 atom stereocenters. The zero-order valence-corrected chi connectivity index (χ0v) is 10.6. The van der Waals surface area contributed by atoms with Crippen molar-refractivity contribution < 1.29 is 9.47 Å². The monoisotopic (exact) mass is 240 g/mol. The fourth-order valence-corrected chi connectivity index (χ4v) is 2.13. The number of rotatable bonds is 2. The lowest BCUT2D eigenvalue weighted by molar-refractivity contribution is -0.382. The van der Waals surface area contributed by atoms with E-state index >= 15 is 0 Å². The van der Waals surface area contributed by atoms with Gasteiger partial charge in [0.15, 0.2) is 12.6 Å². The summed E-state index contributed by atoms with van der Waals surface area (Å²) in [5.41, 5.74) is 4.76. The molecule has 0 aliphatic carbocycles. The molecule has 2 nitrogen and oxygen atoms in total. The molecule has 2 aromatic carbocycles. The van der Waals surface area contributed by atoms with Crippen LogP contribution >= 0.6 is 0 Å². The van der Waals surface area contributed by atoms with E-state index < -0.39 is 0 Å². The second kappa shape index (κ2) is 4.56. The molecule has 18 heavy (non-hydrogen) atoms. The lowest BCUT2D eigenvalue weighted by Crippen LogP contribution is -2.31. The van der Waals surface area contributed by atoms with Crippen LogP contribution in [0.4, 0.5) is 0 Å². The topological polar surface area (TPSA) is 18.5 Å². The Morgan fingerprint density at radius 2 is 1.61 bits per heavy atom. The van der Waals surface area contributed by atoms with Gasteiger partial charge in [-0.25, -0.2) is 0 Å². The Morgan fingerprint density at radius 3 is 2.28 bits per heavy atom. The van der Waals surface area contributed by atoms with Crippen LogP contribution in [0.15, 0.2) is 48.5 Å². The largest absolute Gasteiger partial charge is 0.320 e. The van der Waals surface area contributed by atoms with Gasteiger partial charge in [-0.3, -0.25) is 0 Å². The maximum atomic E-state index is 5.51. The zero-order chi connectivity index (χ0) is 12.5. The molecular formula is C16H16O2. The molecule has 3 rings (SSSR count). The van der Waals surface area contributed by atoms with Gasteiger partial charge >= 0.3 is 0 Å². The Hall–Kier alpha value is -1.64. The maximum absolute atomic E-state index is 5.51. The molecule has 0 amide bonds. The van der Waals surface area contributed by atoms with Crippen molar-refractivity contribution in [3.63, 3.8) is 0 Å². The highest BCUT2D eigenvalue weighted by Crippen LogP contribution is 2.33. The molecule has 1 aliphatic heterocycles. The van der Waals surface area contributed by atoms with Crippen molar-refractivity contribution in [1.82, 2.24) is 0 Å². The van der Waals surface area contributed by atoms with Gasteiger partial charge < -0.3 is 9.47 Å². The molecule has 0 bridgehead atoms. The molecule has 0 spiro atoms. The standard InChI is InChI=1S/C16H16O2/c1-11-6-8-13(9-7-11)14-4-3-5-15(10-14)16-17-12(2)18-16/h3-10,12,16H,1-2H3. The average molecular weight is 240 g/mol. The normalized spacial score (nSPS) is 22.6. The predicted octanol–water partition coefficient (Wildman–Crippen LogP) is 4.05. The summed E-state index contributed by atoms with van der Waals surface area (Å²) in [5.74, 6) is 0. The van der Waals surface area contributed by atoms with Crippen molar-refractivity contribution in [3.05, 3.63) is 59.7 Å². The molecule has 2 aromatic rings. The lowest BCUT2D eigenvalue weighted by atomic mass is 10.0. The van der Waals surface area contributed by atoms with E-state index in [1.165, 1.54) is 16.7 Å². The van der Waals surface area contributed by atoms with E-state index in [1.807, 2.05) is 19.1 Å². The van der Waals surface area contributed by atoms with Gasteiger partial charge in [0.1, 0.15) is 0 Å². The highest BCUT2D eigenvalue weighted by atomic mass is 16.9. The van der Waals surface area contributed by atoms with Crippen LogP contribution in [0, 0.1) is 6.92 Å². The summed E-state index contributed by atoms with van der Waals surface area (Å²) in [7, 11) is 0. The molecule has 0 aromatic heterocycles. The van der Waals surface area contributed by atoms with Gasteiger partial charge in [-0.05, 0) is 31.0 Å². The summed E-state index contributed by atoms with van der Waals surface area (Å²) >= 11 is 0. The Labute approximate surface area is 107 Å². The van der Waals surface area contributed by atoms with Crippen LogP contribution in [0.1, 0.15) is 24.3 Å². The van der Waals surface area contributed by atoms with Gasteiger partial charge in [-0.1, -0.05) is 48.0 Å². The van der Waals surface area contributed by atoms with Gasteiger partial charge in [0.25, 0.3) is 0 Å². The van der Waals surface area contributed by atoms with Crippen molar-refractivity contribution in [1.29, 1.82) is 0 Å². The number of benzene rings is 2. The summed E-state index contributed by atoms with van der Waals surface area (Å²) in [6, 6.07) is 16.8. The van der Waals surface area contributed by atoms with Crippen molar-refractivity contribution in [2.45, 2.75) is 26.4 Å². The molecule has 92 valence electrons. The minimum atomic E-state index is -0.203. The highest BCUT2D eigenvalue weighted by Gasteiger charge is 2.28. The first kappa shape index (κ1) is 11.5. The van der Waals surface area contributed by atoms with Crippen LogP contribution in [0.5, 0.6) is 0 Å². The van der Waals surface area contributed by atoms with E-state index in [0.29, 0.717) is 0 Å². The first-order valence-electron chi connectivity index (χ1n) is 6.20. The number of ether oxygens (including phenoxy) is 2. The van der Waals surface area contributed by atoms with E-state index in [9.17, 15) is 0 Å². The predicted molar refractivity (Wildman–Crippen MR) is 71.0 cm³/mol. The number of hydrogen-bond acceptors (Lipinski definition) is 2. The lowest BCUT2D eigenvalue weighted by Gasteiger charge is -2.34. The van der Waals surface area contributed by atoms with Gasteiger partial charge in [0, 0.05) is 5.56 Å². The third-order valence-corrected chi connectivity index (χ3v) is 3.17. The van der Waals surface area contributed by atoms with Gasteiger partial charge in [0.05, 0.1) is 0 Å². The molecule has 1 aliphatic rings. The summed E-state index contributed by atoms with van der Waals surface area (Å²) in [6.45, 7) is 4.00. The van der Waals surface area contributed by atoms with E-state index in [-0.39, 0.29) is 12.6 Å². The number of aryl methyl sites for hydroxylation is 1. The maximum Gasteiger partial charge on any atom is 0.189 e. The van der Waals surface area contributed by atoms with Crippen LogP contribution in [-0.4, -0.2) is 6.29 Å². The molecule has 2 heteroatoms. The quantitative estimate of drug-likeness (QED) is 0.788. The van der Waals surface area contributed by atoms with Crippen LogP contribution in [0.25, 0.3) is 11.1 Å². The molecule has 0 saturated carbocycles. The second-order valence-corrected chi connectivity index (χ2v) is 4.66. The van der Waals surface area contributed by atoms with Crippen LogP contribution in [0.2, 0.25) is 0 Å². The Morgan fingerprint density at radius 1 is 0.889 bits per heavy atom. The molecule has 0 unspecified atom stereocenters. The molecule has 1 fully saturated rings. The highest BCUT2D eigenvalue weighted by molar-refractivity contribution is 5.64. The molecular weight excluding hydrogens is 224 g/mol.